The number of nitrogens with two attached hydrogens (primary N) is 1. The topological polar surface area (TPSA) is 44.5 Å². The maximum Gasteiger partial charge on any atom is 0.166 e. The fourth-order valence-corrected chi connectivity index (χ4v) is 1.66. The molecule has 3 heteroatoms. The molecule has 16 heavy (non-hydrogen) atoms. The first-order valence-electron chi connectivity index (χ1n) is 5.65. The zero-order valence-corrected chi connectivity index (χ0v) is 10.1. The van der Waals surface area contributed by atoms with E-state index in [1.54, 1.807) is 7.11 Å². The predicted octanol–water partition coefficient (Wildman–Crippen LogP) is 2.43. The van der Waals surface area contributed by atoms with Crippen molar-refractivity contribution in [1.29, 1.82) is 0 Å². The highest BCUT2D eigenvalue weighted by Crippen LogP contribution is 2.39. The summed E-state index contributed by atoms with van der Waals surface area (Å²) in [5, 5.41) is 0. The molecule has 0 heterocycles. The Hall–Kier alpha value is -1.22. The smallest absolute Gasteiger partial charge is 0.166 e. The van der Waals surface area contributed by atoms with Crippen LogP contribution in [0.15, 0.2) is 18.2 Å². The second-order valence-electron chi connectivity index (χ2n) is 4.88. The summed E-state index contributed by atoms with van der Waals surface area (Å²) >= 11 is 0. The van der Waals surface area contributed by atoms with Crippen LogP contribution >= 0.6 is 0 Å². The molecule has 1 aromatic rings. The summed E-state index contributed by atoms with van der Waals surface area (Å²) in [5.41, 5.74) is 6.72. The highest BCUT2D eigenvalue weighted by molar-refractivity contribution is 5.49. The number of benzene rings is 1. The van der Waals surface area contributed by atoms with E-state index < -0.39 is 5.54 Å². The number of rotatable bonds is 4. The SMILES string of the molecule is COc1cccc(C(C)(C)N)c1OC1CC1. The monoisotopic (exact) mass is 221 g/mol. The van der Waals surface area contributed by atoms with Crippen LogP contribution in [0.2, 0.25) is 0 Å². The van der Waals surface area contributed by atoms with E-state index in [9.17, 15) is 0 Å². The minimum atomic E-state index is -0.418. The molecule has 88 valence electrons. The molecule has 1 saturated carbocycles. The van der Waals surface area contributed by atoms with Gasteiger partial charge in [0.1, 0.15) is 0 Å². The standard InChI is InChI=1S/C13H19NO2/c1-13(2,14)10-5-4-6-11(15-3)12(10)16-9-7-8-9/h4-6,9H,7-8,14H2,1-3H3. The Balaban J connectivity index is 2.41. The van der Waals surface area contributed by atoms with E-state index in [0.29, 0.717) is 6.10 Å². The average Bonchev–Trinajstić information content (AvgIpc) is 3.00. The summed E-state index contributed by atoms with van der Waals surface area (Å²) in [6.07, 6.45) is 2.60. The van der Waals surface area contributed by atoms with Crippen LogP contribution in [0.4, 0.5) is 0 Å². The zero-order chi connectivity index (χ0) is 11.8. The lowest BCUT2D eigenvalue weighted by molar-refractivity contribution is 0.273. The summed E-state index contributed by atoms with van der Waals surface area (Å²) in [6, 6.07) is 5.86. The molecule has 0 saturated heterocycles. The fourth-order valence-electron chi connectivity index (χ4n) is 1.66. The molecule has 3 nitrogen and oxygen atoms in total. The van der Waals surface area contributed by atoms with Gasteiger partial charge in [-0.1, -0.05) is 12.1 Å². The Kier molecular flexibility index (Phi) is 2.80. The van der Waals surface area contributed by atoms with Gasteiger partial charge in [-0.25, -0.2) is 0 Å². The molecule has 0 atom stereocenters. The normalized spacial score (nSPS) is 16.0. The van der Waals surface area contributed by atoms with Crippen molar-refractivity contribution in [2.24, 2.45) is 5.73 Å². The van der Waals surface area contributed by atoms with Crippen LogP contribution in [0, 0.1) is 0 Å². The van der Waals surface area contributed by atoms with Gasteiger partial charge >= 0.3 is 0 Å². The molecule has 0 bridgehead atoms. The summed E-state index contributed by atoms with van der Waals surface area (Å²) in [6.45, 7) is 3.95. The second kappa shape index (κ2) is 3.98. The van der Waals surface area contributed by atoms with Gasteiger partial charge in [0, 0.05) is 11.1 Å². The number of hydrogen-bond acceptors (Lipinski definition) is 3. The van der Waals surface area contributed by atoms with Crippen LogP contribution in [0.1, 0.15) is 32.3 Å². The van der Waals surface area contributed by atoms with Crippen molar-refractivity contribution in [1.82, 2.24) is 0 Å². The molecule has 2 N–H and O–H groups in total. The van der Waals surface area contributed by atoms with Crippen LogP contribution in [-0.2, 0) is 5.54 Å². The molecule has 1 aliphatic carbocycles. The number of hydrogen-bond donors (Lipinski definition) is 1. The molecular formula is C13H19NO2. The van der Waals surface area contributed by atoms with E-state index in [4.69, 9.17) is 15.2 Å². The van der Waals surface area contributed by atoms with Crippen LogP contribution in [0.5, 0.6) is 11.5 Å². The van der Waals surface area contributed by atoms with Gasteiger partial charge in [-0.05, 0) is 32.8 Å². The van der Waals surface area contributed by atoms with Crippen LogP contribution < -0.4 is 15.2 Å². The van der Waals surface area contributed by atoms with E-state index >= 15 is 0 Å². The molecule has 0 spiro atoms. The van der Waals surface area contributed by atoms with Crippen molar-refractivity contribution < 1.29 is 9.47 Å². The number of ether oxygens (including phenoxy) is 2. The quantitative estimate of drug-likeness (QED) is 0.849. The number of para-hydroxylation sites is 1. The Labute approximate surface area is 96.5 Å². The first kappa shape index (κ1) is 11.3. The van der Waals surface area contributed by atoms with Crippen molar-refractivity contribution in [2.45, 2.75) is 38.3 Å². The Bertz CT molecular complexity index is 378. The maximum absolute atomic E-state index is 6.14. The van der Waals surface area contributed by atoms with Crippen molar-refractivity contribution in [3.05, 3.63) is 23.8 Å². The van der Waals surface area contributed by atoms with E-state index in [1.807, 2.05) is 32.0 Å². The first-order valence-corrected chi connectivity index (χ1v) is 5.65. The van der Waals surface area contributed by atoms with Gasteiger partial charge in [0.05, 0.1) is 13.2 Å². The molecule has 0 aliphatic heterocycles. The average molecular weight is 221 g/mol. The molecular weight excluding hydrogens is 202 g/mol. The van der Waals surface area contributed by atoms with Gasteiger partial charge < -0.3 is 15.2 Å². The first-order chi connectivity index (χ1) is 7.52. The Morgan fingerprint density at radius 2 is 2.00 bits per heavy atom. The lowest BCUT2D eigenvalue weighted by Gasteiger charge is -2.24. The summed E-state index contributed by atoms with van der Waals surface area (Å²) in [5.74, 6) is 1.57. The van der Waals surface area contributed by atoms with Gasteiger partial charge in [0.2, 0.25) is 0 Å². The van der Waals surface area contributed by atoms with Crippen LogP contribution in [0.3, 0.4) is 0 Å². The van der Waals surface area contributed by atoms with Crippen molar-refractivity contribution in [3.8, 4) is 11.5 Å². The van der Waals surface area contributed by atoms with Crippen molar-refractivity contribution in [3.63, 3.8) is 0 Å². The highest BCUT2D eigenvalue weighted by Gasteiger charge is 2.29. The van der Waals surface area contributed by atoms with Gasteiger partial charge in [-0.15, -0.1) is 0 Å². The summed E-state index contributed by atoms with van der Waals surface area (Å²) in [4.78, 5) is 0. The Morgan fingerprint density at radius 1 is 1.31 bits per heavy atom. The minimum absolute atomic E-state index is 0.345. The predicted molar refractivity (Wildman–Crippen MR) is 63.9 cm³/mol. The van der Waals surface area contributed by atoms with E-state index in [0.717, 1.165) is 29.9 Å². The number of methoxy groups -OCH3 is 1. The van der Waals surface area contributed by atoms with Gasteiger partial charge in [0.25, 0.3) is 0 Å². The summed E-state index contributed by atoms with van der Waals surface area (Å²) in [7, 11) is 1.66. The van der Waals surface area contributed by atoms with Gasteiger partial charge in [0.15, 0.2) is 11.5 Å². The summed E-state index contributed by atoms with van der Waals surface area (Å²) < 4.78 is 11.2. The lowest BCUT2D eigenvalue weighted by Crippen LogP contribution is -2.29. The van der Waals surface area contributed by atoms with Crippen LogP contribution in [-0.4, -0.2) is 13.2 Å². The molecule has 0 unspecified atom stereocenters. The van der Waals surface area contributed by atoms with Gasteiger partial charge in [-0.3, -0.25) is 0 Å². The molecule has 0 radical (unpaired) electrons. The van der Waals surface area contributed by atoms with Crippen molar-refractivity contribution >= 4 is 0 Å². The molecule has 2 rings (SSSR count). The van der Waals surface area contributed by atoms with Gasteiger partial charge in [-0.2, -0.15) is 0 Å². The second-order valence-corrected chi connectivity index (χ2v) is 4.88. The zero-order valence-electron chi connectivity index (χ0n) is 10.1. The molecule has 1 fully saturated rings. The fraction of sp³-hybridized carbons (Fsp3) is 0.538. The third-order valence-electron chi connectivity index (χ3n) is 2.70. The van der Waals surface area contributed by atoms with Crippen LogP contribution in [0.25, 0.3) is 0 Å². The highest BCUT2D eigenvalue weighted by atomic mass is 16.5. The molecule has 1 aromatic carbocycles. The Morgan fingerprint density at radius 3 is 2.50 bits per heavy atom. The lowest BCUT2D eigenvalue weighted by atomic mass is 9.94. The molecule has 0 aromatic heterocycles. The molecule has 0 amide bonds. The minimum Gasteiger partial charge on any atom is -0.493 e. The van der Waals surface area contributed by atoms with Crippen molar-refractivity contribution in [2.75, 3.05) is 7.11 Å². The van der Waals surface area contributed by atoms with E-state index in [-0.39, 0.29) is 0 Å². The van der Waals surface area contributed by atoms with E-state index in [2.05, 4.69) is 0 Å². The largest absolute Gasteiger partial charge is 0.493 e. The van der Waals surface area contributed by atoms with E-state index in [1.165, 1.54) is 0 Å². The third-order valence-corrected chi connectivity index (χ3v) is 2.70. The maximum atomic E-state index is 6.14. The third kappa shape index (κ3) is 2.30. The molecule has 1 aliphatic rings.